The summed E-state index contributed by atoms with van der Waals surface area (Å²) in [6.45, 7) is 0.757. The van der Waals surface area contributed by atoms with Gasteiger partial charge >= 0.3 is 0 Å². The Hall–Kier alpha value is -1.61. The number of halogens is 1. The second kappa shape index (κ2) is 5.17. The largest absolute Gasteiger partial charge is 0.352 e. The number of amides is 1. The number of carbonyl (C=O) groups is 1. The fraction of sp³-hybridized carbons (Fsp3) is 0.333. The number of nitrogens with zero attached hydrogens (tertiary/aromatic N) is 1. The Morgan fingerprint density at radius 2 is 2.16 bits per heavy atom. The second-order valence-corrected chi connectivity index (χ2v) is 5.40. The van der Waals surface area contributed by atoms with Gasteiger partial charge in [-0.3, -0.25) is 4.79 Å². The van der Waals surface area contributed by atoms with E-state index in [2.05, 4.69) is 10.3 Å². The zero-order valence-corrected chi connectivity index (χ0v) is 11.3. The van der Waals surface area contributed by atoms with Crippen molar-refractivity contribution in [3.8, 4) is 0 Å². The van der Waals surface area contributed by atoms with Crippen LogP contribution in [0.2, 0.25) is 5.15 Å². The first-order valence-electron chi connectivity index (χ1n) is 6.57. The Morgan fingerprint density at radius 1 is 1.37 bits per heavy atom. The summed E-state index contributed by atoms with van der Waals surface area (Å²) >= 11 is 5.98. The van der Waals surface area contributed by atoms with Gasteiger partial charge in [0.1, 0.15) is 5.15 Å². The van der Waals surface area contributed by atoms with E-state index in [4.69, 9.17) is 11.6 Å². The Kier molecular flexibility index (Phi) is 3.38. The fourth-order valence-electron chi connectivity index (χ4n) is 2.36. The molecule has 0 atom stereocenters. The van der Waals surface area contributed by atoms with Crippen LogP contribution in [0.4, 0.5) is 0 Å². The normalized spacial score (nSPS) is 15.2. The zero-order valence-electron chi connectivity index (χ0n) is 10.5. The Labute approximate surface area is 117 Å². The van der Waals surface area contributed by atoms with Crippen molar-refractivity contribution in [2.24, 2.45) is 5.92 Å². The predicted molar refractivity (Wildman–Crippen MR) is 76.4 cm³/mol. The Balaban J connectivity index is 1.87. The summed E-state index contributed by atoms with van der Waals surface area (Å²) in [7, 11) is 0. The standard InChI is InChI=1S/C15H15ClN2O/c16-14-8-12(11-6-1-2-7-13(11)18-14)15(19)17-9-10-4-3-5-10/h1-2,6-8,10H,3-5,9H2,(H,17,19). The van der Waals surface area contributed by atoms with Gasteiger partial charge in [0, 0.05) is 11.9 Å². The molecule has 0 unspecified atom stereocenters. The lowest BCUT2D eigenvalue weighted by atomic mass is 9.85. The van der Waals surface area contributed by atoms with Crippen LogP contribution in [0.3, 0.4) is 0 Å². The van der Waals surface area contributed by atoms with Gasteiger partial charge in [0.25, 0.3) is 5.91 Å². The molecular formula is C15H15ClN2O. The van der Waals surface area contributed by atoms with E-state index in [0.717, 1.165) is 17.4 Å². The Morgan fingerprint density at radius 3 is 2.89 bits per heavy atom. The molecule has 3 rings (SSSR count). The van der Waals surface area contributed by atoms with Crippen LogP contribution in [0.5, 0.6) is 0 Å². The van der Waals surface area contributed by atoms with Crippen molar-refractivity contribution >= 4 is 28.4 Å². The first-order chi connectivity index (χ1) is 9.24. The maximum atomic E-state index is 12.3. The SMILES string of the molecule is O=C(NCC1CCC1)c1cc(Cl)nc2ccccc12. The highest BCUT2D eigenvalue weighted by Gasteiger charge is 2.19. The predicted octanol–water partition coefficient (Wildman–Crippen LogP) is 3.42. The lowest BCUT2D eigenvalue weighted by Gasteiger charge is -2.25. The molecule has 1 fully saturated rings. The summed E-state index contributed by atoms with van der Waals surface area (Å²) in [6.07, 6.45) is 3.72. The van der Waals surface area contributed by atoms with Crippen molar-refractivity contribution in [1.29, 1.82) is 0 Å². The molecule has 0 saturated heterocycles. The summed E-state index contributed by atoms with van der Waals surface area (Å²) in [5.41, 5.74) is 1.36. The molecule has 1 N–H and O–H groups in total. The quantitative estimate of drug-likeness (QED) is 0.872. The van der Waals surface area contributed by atoms with Gasteiger partial charge in [-0.2, -0.15) is 0 Å². The number of pyridine rings is 1. The topological polar surface area (TPSA) is 42.0 Å². The molecule has 1 saturated carbocycles. The number of rotatable bonds is 3. The van der Waals surface area contributed by atoms with Gasteiger partial charge in [-0.25, -0.2) is 4.98 Å². The highest BCUT2D eigenvalue weighted by molar-refractivity contribution is 6.30. The van der Waals surface area contributed by atoms with E-state index >= 15 is 0 Å². The lowest BCUT2D eigenvalue weighted by Crippen LogP contribution is -2.32. The van der Waals surface area contributed by atoms with Crippen LogP contribution in [-0.4, -0.2) is 17.4 Å². The molecular weight excluding hydrogens is 260 g/mol. The van der Waals surface area contributed by atoms with Crippen LogP contribution in [0.15, 0.2) is 30.3 Å². The number of benzene rings is 1. The minimum Gasteiger partial charge on any atom is -0.352 e. The molecule has 1 heterocycles. The minimum absolute atomic E-state index is 0.0626. The molecule has 1 aliphatic carbocycles. The summed E-state index contributed by atoms with van der Waals surface area (Å²) in [6, 6.07) is 9.20. The highest BCUT2D eigenvalue weighted by Crippen LogP contribution is 2.26. The number of carbonyl (C=O) groups excluding carboxylic acids is 1. The van der Waals surface area contributed by atoms with E-state index in [1.165, 1.54) is 19.3 Å². The molecule has 0 spiro atoms. The minimum atomic E-state index is -0.0626. The fourth-order valence-corrected chi connectivity index (χ4v) is 2.56. The monoisotopic (exact) mass is 274 g/mol. The van der Waals surface area contributed by atoms with Crippen molar-refractivity contribution in [3.63, 3.8) is 0 Å². The molecule has 0 bridgehead atoms. The van der Waals surface area contributed by atoms with Crippen LogP contribution in [0, 0.1) is 5.92 Å². The van der Waals surface area contributed by atoms with E-state index in [1.807, 2.05) is 24.3 Å². The number of hydrogen-bond donors (Lipinski definition) is 1. The number of para-hydroxylation sites is 1. The molecule has 98 valence electrons. The maximum Gasteiger partial charge on any atom is 0.252 e. The molecule has 19 heavy (non-hydrogen) atoms. The first kappa shape index (κ1) is 12.4. The van der Waals surface area contributed by atoms with Gasteiger partial charge in [-0.15, -0.1) is 0 Å². The third kappa shape index (κ3) is 2.56. The molecule has 0 aliphatic heterocycles. The highest BCUT2D eigenvalue weighted by atomic mass is 35.5. The third-order valence-electron chi connectivity index (χ3n) is 3.71. The van der Waals surface area contributed by atoms with Crippen molar-refractivity contribution in [2.75, 3.05) is 6.54 Å². The van der Waals surface area contributed by atoms with Crippen molar-refractivity contribution < 1.29 is 4.79 Å². The van der Waals surface area contributed by atoms with Gasteiger partial charge in [-0.1, -0.05) is 36.2 Å². The maximum absolute atomic E-state index is 12.3. The van der Waals surface area contributed by atoms with E-state index < -0.39 is 0 Å². The van der Waals surface area contributed by atoms with Gasteiger partial charge < -0.3 is 5.32 Å². The third-order valence-corrected chi connectivity index (χ3v) is 3.90. The Bertz CT molecular complexity index is 623. The molecule has 3 nitrogen and oxygen atoms in total. The molecule has 1 aliphatic rings. The molecule has 2 aromatic rings. The van der Waals surface area contributed by atoms with E-state index in [1.54, 1.807) is 6.07 Å². The van der Waals surface area contributed by atoms with Gasteiger partial charge in [0.15, 0.2) is 0 Å². The van der Waals surface area contributed by atoms with Crippen LogP contribution in [0.25, 0.3) is 10.9 Å². The van der Waals surface area contributed by atoms with Crippen LogP contribution in [0.1, 0.15) is 29.6 Å². The average Bonchev–Trinajstić information content (AvgIpc) is 2.35. The van der Waals surface area contributed by atoms with Crippen molar-refractivity contribution in [3.05, 3.63) is 41.0 Å². The van der Waals surface area contributed by atoms with Gasteiger partial charge in [-0.05, 0) is 30.9 Å². The molecule has 0 radical (unpaired) electrons. The van der Waals surface area contributed by atoms with Crippen LogP contribution in [-0.2, 0) is 0 Å². The van der Waals surface area contributed by atoms with Gasteiger partial charge in [0.05, 0.1) is 11.1 Å². The van der Waals surface area contributed by atoms with Crippen molar-refractivity contribution in [1.82, 2.24) is 10.3 Å². The van der Waals surface area contributed by atoms with E-state index in [9.17, 15) is 4.79 Å². The second-order valence-electron chi connectivity index (χ2n) is 5.02. The number of aromatic nitrogens is 1. The number of hydrogen-bond acceptors (Lipinski definition) is 2. The van der Waals surface area contributed by atoms with Crippen LogP contribution < -0.4 is 5.32 Å². The summed E-state index contributed by atoms with van der Waals surface area (Å²) in [5.74, 6) is 0.583. The molecule has 4 heteroatoms. The molecule has 1 amide bonds. The van der Waals surface area contributed by atoms with Crippen molar-refractivity contribution in [2.45, 2.75) is 19.3 Å². The molecule has 1 aromatic carbocycles. The lowest BCUT2D eigenvalue weighted by molar-refractivity contribution is 0.0940. The number of nitrogens with one attached hydrogen (secondary N) is 1. The smallest absolute Gasteiger partial charge is 0.252 e. The summed E-state index contributed by atoms with van der Waals surface area (Å²) in [4.78, 5) is 16.5. The molecule has 1 aromatic heterocycles. The summed E-state index contributed by atoms with van der Waals surface area (Å²) in [5, 5.41) is 4.19. The van der Waals surface area contributed by atoms with E-state index in [-0.39, 0.29) is 5.91 Å². The van der Waals surface area contributed by atoms with E-state index in [0.29, 0.717) is 16.6 Å². The zero-order chi connectivity index (χ0) is 13.2. The van der Waals surface area contributed by atoms with Crippen LogP contribution >= 0.6 is 11.6 Å². The summed E-state index contributed by atoms with van der Waals surface area (Å²) < 4.78 is 0. The number of fused-ring (bicyclic) bond motifs is 1. The van der Waals surface area contributed by atoms with Gasteiger partial charge in [0.2, 0.25) is 0 Å². The average molecular weight is 275 g/mol. The first-order valence-corrected chi connectivity index (χ1v) is 6.95.